The molecule has 128 valence electrons. The zero-order valence-corrected chi connectivity index (χ0v) is 15.2. The van der Waals surface area contributed by atoms with Gasteiger partial charge in [-0.1, -0.05) is 36.8 Å². The quantitative estimate of drug-likeness (QED) is 0.896. The highest BCUT2D eigenvalue weighted by Crippen LogP contribution is 2.21. The summed E-state index contributed by atoms with van der Waals surface area (Å²) in [6.07, 6.45) is 2.98. The number of aryl methyl sites for hydroxylation is 1. The molecule has 3 rings (SSSR count). The third-order valence-electron chi connectivity index (χ3n) is 4.41. The molecule has 2 heterocycles. The summed E-state index contributed by atoms with van der Waals surface area (Å²) in [4.78, 5) is 19.2. The van der Waals surface area contributed by atoms with Crippen LogP contribution < -0.4 is 5.32 Å². The number of carbonyl (C=O) groups excluding carboxylic acids is 1. The monoisotopic (exact) mass is 343 g/mol. The zero-order chi connectivity index (χ0) is 16.9. The fourth-order valence-electron chi connectivity index (χ4n) is 3.15. The van der Waals surface area contributed by atoms with Crippen LogP contribution in [0.5, 0.6) is 0 Å². The summed E-state index contributed by atoms with van der Waals surface area (Å²) < 4.78 is 0. The van der Waals surface area contributed by atoms with Crippen LogP contribution in [0.4, 0.5) is 5.13 Å². The number of nitrogens with one attached hydrogen (secondary N) is 1. The van der Waals surface area contributed by atoms with Crippen molar-refractivity contribution in [3.8, 4) is 0 Å². The first kappa shape index (κ1) is 17.1. The maximum Gasteiger partial charge on any atom is 0.230 e. The summed E-state index contributed by atoms with van der Waals surface area (Å²) >= 11 is 1.51. The van der Waals surface area contributed by atoms with Crippen molar-refractivity contribution in [1.29, 1.82) is 0 Å². The highest BCUT2D eigenvalue weighted by molar-refractivity contribution is 7.13. The molecule has 1 unspecified atom stereocenters. The smallest absolute Gasteiger partial charge is 0.230 e. The molecule has 1 N–H and O–H groups in total. The number of benzene rings is 1. The van der Waals surface area contributed by atoms with Gasteiger partial charge in [0.25, 0.3) is 0 Å². The third-order valence-corrected chi connectivity index (χ3v) is 5.22. The number of anilines is 1. The van der Waals surface area contributed by atoms with Crippen molar-refractivity contribution in [2.75, 3.05) is 18.4 Å². The van der Waals surface area contributed by atoms with Crippen molar-refractivity contribution in [3.63, 3.8) is 0 Å². The van der Waals surface area contributed by atoms with Gasteiger partial charge in [-0.3, -0.25) is 9.69 Å². The van der Waals surface area contributed by atoms with Crippen LogP contribution in [0.25, 0.3) is 0 Å². The molecular formula is C19H25N3OS. The van der Waals surface area contributed by atoms with Crippen LogP contribution in [0, 0.1) is 12.8 Å². The Morgan fingerprint density at radius 3 is 2.92 bits per heavy atom. The second kappa shape index (κ2) is 7.90. The highest BCUT2D eigenvalue weighted by atomic mass is 32.1. The summed E-state index contributed by atoms with van der Waals surface area (Å²) in [5.41, 5.74) is 3.28. The van der Waals surface area contributed by atoms with E-state index in [1.54, 1.807) is 0 Å². The van der Waals surface area contributed by atoms with E-state index >= 15 is 0 Å². The largest absolute Gasteiger partial charge is 0.302 e. The van der Waals surface area contributed by atoms with Crippen molar-refractivity contribution in [1.82, 2.24) is 9.88 Å². The molecule has 1 aromatic carbocycles. The minimum absolute atomic E-state index is 0.00801. The fraction of sp³-hybridized carbons (Fsp3) is 0.474. The van der Waals surface area contributed by atoms with E-state index in [-0.39, 0.29) is 5.91 Å². The molecule has 1 aromatic heterocycles. The molecule has 1 fully saturated rings. The molecule has 0 bridgehead atoms. The molecule has 5 heteroatoms. The SMILES string of the molecule is Cc1ccc(CC(=O)Nc2nc(CN3CCCC(C)C3)cs2)cc1. The van der Waals surface area contributed by atoms with Gasteiger partial charge in [0.2, 0.25) is 5.91 Å². The van der Waals surface area contributed by atoms with E-state index in [0.29, 0.717) is 11.6 Å². The Kier molecular flexibility index (Phi) is 5.63. The highest BCUT2D eigenvalue weighted by Gasteiger charge is 2.17. The number of rotatable bonds is 5. The number of likely N-dealkylation sites (tertiary alicyclic amines) is 1. The number of hydrogen-bond donors (Lipinski definition) is 1. The molecule has 24 heavy (non-hydrogen) atoms. The lowest BCUT2D eigenvalue weighted by molar-refractivity contribution is -0.115. The Morgan fingerprint density at radius 1 is 1.38 bits per heavy atom. The van der Waals surface area contributed by atoms with Crippen molar-refractivity contribution in [2.24, 2.45) is 5.92 Å². The molecule has 0 spiro atoms. The zero-order valence-electron chi connectivity index (χ0n) is 14.4. The first-order valence-corrected chi connectivity index (χ1v) is 9.48. The van der Waals surface area contributed by atoms with E-state index in [2.05, 4.69) is 27.5 Å². The summed E-state index contributed by atoms with van der Waals surface area (Å²) in [7, 11) is 0. The number of carbonyl (C=O) groups is 1. The Balaban J connectivity index is 1.51. The van der Waals surface area contributed by atoms with Gasteiger partial charge in [0, 0.05) is 18.5 Å². The van der Waals surface area contributed by atoms with Crippen LogP contribution in [0.2, 0.25) is 0 Å². The lowest BCUT2D eigenvalue weighted by Crippen LogP contribution is -2.33. The first-order valence-electron chi connectivity index (χ1n) is 8.60. The Morgan fingerprint density at radius 2 is 2.17 bits per heavy atom. The third kappa shape index (κ3) is 4.89. The molecule has 0 saturated carbocycles. The molecule has 0 radical (unpaired) electrons. The molecule has 0 aliphatic carbocycles. The molecule has 1 saturated heterocycles. The Hall–Kier alpha value is -1.72. The van der Waals surface area contributed by atoms with Crippen LogP contribution in [0.3, 0.4) is 0 Å². The molecule has 1 amide bonds. The maximum absolute atomic E-state index is 12.2. The van der Waals surface area contributed by atoms with Crippen LogP contribution in [0.1, 0.15) is 36.6 Å². The minimum atomic E-state index is -0.00801. The summed E-state index contributed by atoms with van der Waals surface area (Å²) in [6.45, 7) is 7.53. The lowest BCUT2D eigenvalue weighted by Gasteiger charge is -2.30. The number of nitrogens with zero attached hydrogens (tertiary/aromatic N) is 2. The van der Waals surface area contributed by atoms with Gasteiger partial charge in [-0.2, -0.15) is 0 Å². The predicted molar refractivity (Wildman–Crippen MR) is 99.3 cm³/mol. The number of piperidine rings is 1. The molecule has 1 aliphatic rings. The van der Waals surface area contributed by atoms with Gasteiger partial charge in [0.05, 0.1) is 12.1 Å². The maximum atomic E-state index is 12.2. The second-order valence-corrected chi connectivity index (χ2v) is 7.70. The van der Waals surface area contributed by atoms with Gasteiger partial charge < -0.3 is 5.32 Å². The van der Waals surface area contributed by atoms with Gasteiger partial charge in [-0.05, 0) is 37.8 Å². The number of hydrogen-bond acceptors (Lipinski definition) is 4. The van der Waals surface area contributed by atoms with E-state index in [4.69, 9.17) is 0 Å². The van der Waals surface area contributed by atoms with Gasteiger partial charge in [0.1, 0.15) is 0 Å². The average Bonchev–Trinajstić information content (AvgIpc) is 2.96. The van der Waals surface area contributed by atoms with Crippen LogP contribution >= 0.6 is 11.3 Å². The number of amides is 1. The van der Waals surface area contributed by atoms with E-state index < -0.39 is 0 Å². The Bertz CT molecular complexity index is 680. The van der Waals surface area contributed by atoms with Gasteiger partial charge in [-0.15, -0.1) is 11.3 Å². The lowest BCUT2D eigenvalue weighted by atomic mass is 10.0. The fourth-order valence-corrected chi connectivity index (χ4v) is 3.87. The van der Waals surface area contributed by atoms with Crippen molar-refractivity contribution < 1.29 is 4.79 Å². The molecule has 1 atom stereocenters. The molecule has 1 aliphatic heterocycles. The van der Waals surface area contributed by atoms with Crippen molar-refractivity contribution >= 4 is 22.4 Å². The van der Waals surface area contributed by atoms with Crippen LogP contribution in [0.15, 0.2) is 29.6 Å². The van der Waals surface area contributed by atoms with E-state index in [1.807, 2.05) is 31.2 Å². The predicted octanol–water partition coefficient (Wildman–Crippen LogP) is 3.86. The van der Waals surface area contributed by atoms with Gasteiger partial charge >= 0.3 is 0 Å². The number of aromatic nitrogens is 1. The second-order valence-electron chi connectivity index (χ2n) is 6.84. The normalized spacial score (nSPS) is 18.5. The standard InChI is InChI=1S/C19H25N3OS/c1-14-5-7-16(8-6-14)10-18(23)21-19-20-17(13-24-19)12-22-9-3-4-15(2)11-22/h5-8,13,15H,3-4,9-12H2,1-2H3,(H,20,21,23). The Labute approximate surface area is 147 Å². The van der Waals surface area contributed by atoms with Crippen molar-refractivity contribution in [2.45, 2.75) is 39.7 Å². The minimum Gasteiger partial charge on any atom is -0.302 e. The number of thiazole rings is 1. The average molecular weight is 343 g/mol. The molecule has 4 nitrogen and oxygen atoms in total. The van der Waals surface area contributed by atoms with Gasteiger partial charge in [-0.25, -0.2) is 4.98 Å². The van der Waals surface area contributed by atoms with Gasteiger partial charge in [0.15, 0.2) is 5.13 Å². The molecular weight excluding hydrogens is 318 g/mol. The van der Waals surface area contributed by atoms with E-state index in [9.17, 15) is 4.79 Å². The van der Waals surface area contributed by atoms with E-state index in [1.165, 1.54) is 29.7 Å². The summed E-state index contributed by atoms with van der Waals surface area (Å²) in [5, 5.41) is 5.68. The van der Waals surface area contributed by atoms with Crippen LogP contribution in [-0.2, 0) is 17.8 Å². The first-order chi connectivity index (χ1) is 11.6. The molecule has 2 aromatic rings. The van der Waals surface area contributed by atoms with Crippen LogP contribution in [-0.4, -0.2) is 28.9 Å². The van der Waals surface area contributed by atoms with Crippen molar-refractivity contribution in [3.05, 3.63) is 46.5 Å². The van der Waals surface area contributed by atoms with E-state index in [0.717, 1.165) is 36.8 Å². The summed E-state index contributed by atoms with van der Waals surface area (Å²) in [5.74, 6) is 0.761. The summed E-state index contributed by atoms with van der Waals surface area (Å²) in [6, 6.07) is 8.06. The topological polar surface area (TPSA) is 45.2 Å².